The van der Waals surface area contributed by atoms with Crippen molar-refractivity contribution in [3.63, 3.8) is 0 Å². The van der Waals surface area contributed by atoms with E-state index in [9.17, 15) is 14.0 Å². The molecule has 0 aromatic heterocycles. The third-order valence-corrected chi connectivity index (χ3v) is 6.07. The zero-order chi connectivity index (χ0) is 22.2. The number of benzene rings is 2. The van der Waals surface area contributed by atoms with E-state index in [0.717, 1.165) is 38.8 Å². The van der Waals surface area contributed by atoms with Crippen molar-refractivity contribution in [2.75, 3.05) is 32.0 Å². The number of ketones is 1. The Morgan fingerprint density at radius 1 is 1.13 bits per heavy atom. The summed E-state index contributed by atoms with van der Waals surface area (Å²) in [7, 11) is 2.15. The highest BCUT2D eigenvalue weighted by atomic mass is 19.1. The summed E-state index contributed by atoms with van der Waals surface area (Å²) >= 11 is 0. The fourth-order valence-corrected chi connectivity index (χ4v) is 4.34. The molecule has 5 nitrogen and oxygen atoms in total. The van der Waals surface area contributed by atoms with Crippen molar-refractivity contribution >= 4 is 17.5 Å². The van der Waals surface area contributed by atoms with Gasteiger partial charge in [0.25, 0.3) is 0 Å². The highest BCUT2D eigenvalue weighted by Crippen LogP contribution is 2.29. The molecule has 1 heterocycles. The third-order valence-electron chi connectivity index (χ3n) is 6.07. The Labute approximate surface area is 184 Å². The van der Waals surface area contributed by atoms with E-state index in [2.05, 4.69) is 22.6 Å². The van der Waals surface area contributed by atoms with Gasteiger partial charge in [-0.2, -0.15) is 0 Å². The zero-order valence-corrected chi connectivity index (χ0v) is 18.4. The molecule has 1 fully saturated rings. The molecule has 0 saturated carbocycles. The van der Waals surface area contributed by atoms with E-state index in [1.54, 1.807) is 24.3 Å². The van der Waals surface area contributed by atoms with Gasteiger partial charge in [0.1, 0.15) is 5.82 Å². The minimum absolute atomic E-state index is 0.0308. The summed E-state index contributed by atoms with van der Waals surface area (Å²) < 4.78 is 13.2. The van der Waals surface area contributed by atoms with Crippen molar-refractivity contribution < 1.29 is 14.0 Å². The van der Waals surface area contributed by atoms with Gasteiger partial charge in [-0.25, -0.2) is 9.18 Å². The maximum atomic E-state index is 13.2. The number of nitrogens with zero attached hydrogens (tertiary/aromatic N) is 1. The van der Waals surface area contributed by atoms with E-state index in [0.29, 0.717) is 29.6 Å². The first-order valence-electron chi connectivity index (χ1n) is 11.0. The number of likely N-dealkylation sites (tertiary alicyclic amines) is 1. The van der Waals surface area contributed by atoms with Crippen LogP contribution >= 0.6 is 0 Å². The second-order valence-corrected chi connectivity index (χ2v) is 8.56. The van der Waals surface area contributed by atoms with E-state index >= 15 is 0 Å². The van der Waals surface area contributed by atoms with Gasteiger partial charge in [-0.15, -0.1) is 0 Å². The van der Waals surface area contributed by atoms with Crippen molar-refractivity contribution in [3.05, 3.63) is 65.5 Å². The molecular formula is C25H32FN3O2. The smallest absolute Gasteiger partial charge is 0.319 e. The Bertz CT molecular complexity index is 885. The fourth-order valence-electron chi connectivity index (χ4n) is 4.34. The lowest BCUT2D eigenvalue weighted by Gasteiger charge is -2.37. The van der Waals surface area contributed by atoms with E-state index in [4.69, 9.17) is 0 Å². The molecule has 2 amide bonds. The maximum absolute atomic E-state index is 13.2. The van der Waals surface area contributed by atoms with Crippen molar-refractivity contribution in [2.24, 2.45) is 11.8 Å². The number of amides is 2. The molecule has 166 valence electrons. The molecule has 0 aliphatic carbocycles. The molecule has 2 N–H and O–H groups in total. The quantitative estimate of drug-likeness (QED) is 0.474. The number of anilines is 1. The molecule has 0 spiro atoms. The van der Waals surface area contributed by atoms with Crippen molar-refractivity contribution in [2.45, 2.75) is 32.6 Å². The molecule has 0 bridgehead atoms. The summed E-state index contributed by atoms with van der Waals surface area (Å²) in [6.07, 6.45) is 4.05. The van der Waals surface area contributed by atoms with Crippen molar-refractivity contribution in [1.82, 2.24) is 10.2 Å². The normalized spacial score (nSPS) is 19.1. The average Bonchev–Trinajstić information content (AvgIpc) is 2.74. The van der Waals surface area contributed by atoms with E-state index < -0.39 is 0 Å². The summed E-state index contributed by atoms with van der Waals surface area (Å²) in [4.78, 5) is 26.0. The van der Waals surface area contributed by atoms with Crippen LogP contribution in [0.1, 0.15) is 42.1 Å². The van der Waals surface area contributed by atoms with Gasteiger partial charge in [0, 0.05) is 24.3 Å². The number of rotatable bonds is 8. The molecular weight excluding hydrogens is 393 g/mol. The number of urea groups is 1. The number of nitrogens with one attached hydrogen (secondary N) is 2. The largest absolute Gasteiger partial charge is 0.338 e. The zero-order valence-electron chi connectivity index (χ0n) is 18.4. The van der Waals surface area contributed by atoms with Crippen LogP contribution in [-0.2, 0) is 6.42 Å². The fraction of sp³-hybridized carbons (Fsp3) is 0.440. The molecule has 1 unspecified atom stereocenters. The van der Waals surface area contributed by atoms with Gasteiger partial charge in [-0.1, -0.05) is 24.3 Å². The summed E-state index contributed by atoms with van der Waals surface area (Å²) in [5, 5.41) is 5.70. The number of carbonyl (C=O) groups is 2. The number of hydrogen-bond acceptors (Lipinski definition) is 3. The molecule has 1 aliphatic heterocycles. The van der Waals surface area contributed by atoms with Gasteiger partial charge < -0.3 is 15.5 Å². The Hall–Kier alpha value is -2.73. The lowest BCUT2D eigenvalue weighted by molar-refractivity contribution is 0.101. The minimum Gasteiger partial charge on any atom is -0.338 e. The highest BCUT2D eigenvalue weighted by molar-refractivity contribution is 5.96. The van der Waals surface area contributed by atoms with Gasteiger partial charge in [-0.3, -0.25) is 4.79 Å². The van der Waals surface area contributed by atoms with Crippen LogP contribution in [0.25, 0.3) is 0 Å². The van der Waals surface area contributed by atoms with E-state index in [1.807, 2.05) is 12.1 Å². The summed E-state index contributed by atoms with van der Waals surface area (Å²) in [6, 6.07) is 13.5. The monoisotopic (exact) mass is 425 g/mol. The highest BCUT2D eigenvalue weighted by Gasteiger charge is 2.27. The number of piperidine rings is 1. The lowest BCUT2D eigenvalue weighted by Crippen LogP contribution is -2.39. The number of hydrogen-bond donors (Lipinski definition) is 2. The minimum atomic E-state index is -0.260. The van der Waals surface area contributed by atoms with Gasteiger partial charge in [0.05, 0.1) is 0 Å². The predicted molar refractivity (Wildman–Crippen MR) is 122 cm³/mol. The summed E-state index contributed by atoms with van der Waals surface area (Å²) in [5.74, 6) is 0.906. The molecule has 0 radical (unpaired) electrons. The molecule has 1 aliphatic rings. The second-order valence-electron chi connectivity index (χ2n) is 8.56. The van der Waals surface area contributed by atoms with Crippen LogP contribution in [-0.4, -0.2) is 43.4 Å². The molecule has 1 saturated heterocycles. The first-order valence-corrected chi connectivity index (χ1v) is 11.0. The summed E-state index contributed by atoms with van der Waals surface area (Å²) in [5.41, 5.74) is 2.37. The number of carbonyl (C=O) groups excluding carboxylic acids is 2. The first-order chi connectivity index (χ1) is 14.9. The number of Topliss-reactive ketones (excluding diaryl/α,β-unsaturated/α-hetero) is 1. The second kappa shape index (κ2) is 11.0. The SMILES string of the molecule is CC(=O)c1cccc(NC(=O)NCCCC2CN(C)CC[C@H]2Cc2ccc(F)cc2)c1. The Morgan fingerprint density at radius 3 is 2.65 bits per heavy atom. The van der Waals surface area contributed by atoms with Crippen LogP contribution in [0, 0.1) is 17.7 Å². The Morgan fingerprint density at radius 2 is 1.90 bits per heavy atom. The van der Waals surface area contributed by atoms with Crippen LogP contribution in [0.4, 0.5) is 14.9 Å². The molecule has 2 aromatic carbocycles. The van der Waals surface area contributed by atoms with Gasteiger partial charge in [0.2, 0.25) is 0 Å². The molecule has 31 heavy (non-hydrogen) atoms. The van der Waals surface area contributed by atoms with Gasteiger partial charge in [-0.05, 0) is 87.9 Å². The molecule has 2 aromatic rings. The van der Waals surface area contributed by atoms with Crippen LogP contribution in [0.3, 0.4) is 0 Å². The van der Waals surface area contributed by atoms with Crippen LogP contribution in [0.5, 0.6) is 0 Å². The molecule has 2 atom stereocenters. The molecule has 3 rings (SSSR count). The molecule has 6 heteroatoms. The van der Waals surface area contributed by atoms with Crippen LogP contribution < -0.4 is 10.6 Å². The van der Waals surface area contributed by atoms with Gasteiger partial charge in [0.15, 0.2) is 5.78 Å². The first kappa shape index (κ1) is 22.9. The van der Waals surface area contributed by atoms with E-state index in [1.165, 1.54) is 24.6 Å². The van der Waals surface area contributed by atoms with Crippen LogP contribution in [0.15, 0.2) is 48.5 Å². The average molecular weight is 426 g/mol. The topological polar surface area (TPSA) is 61.4 Å². The van der Waals surface area contributed by atoms with Gasteiger partial charge >= 0.3 is 6.03 Å². The lowest BCUT2D eigenvalue weighted by atomic mass is 9.79. The Balaban J connectivity index is 1.45. The predicted octanol–water partition coefficient (Wildman–Crippen LogP) is 4.74. The Kier molecular flexibility index (Phi) is 8.18. The summed E-state index contributed by atoms with van der Waals surface area (Å²) in [6.45, 7) is 4.24. The third kappa shape index (κ3) is 7.17. The van der Waals surface area contributed by atoms with Crippen molar-refractivity contribution in [1.29, 1.82) is 0 Å². The maximum Gasteiger partial charge on any atom is 0.319 e. The standard InChI is InChI=1S/C25H32FN3O2/c1-18(30)20-5-3-7-24(16-20)28-25(31)27-13-4-6-22-17-29(2)14-12-21(22)15-19-8-10-23(26)11-9-19/h3,5,7-11,16,21-22H,4,6,12-15,17H2,1-2H3,(H2,27,28,31)/t21-,22?/m0/s1. The van der Waals surface area contributed by atoms with Crippen molar-refractivity contribution in [3.8, 4) is 0 Å². The van der Waals surface area contributed by atoms with E-state index in [-0.39, 0.29) is 17.6 Å². The number of halogens is 1. The van der Waals surface area contributed by atoms with Crippen LogP contribution in [0.2, 0.25) is 0 Å².